The first-order valence-electron chi connectivity index (χ1n) is 6.23. The number of anilines is 1. The van der Waals surface area contributed by atoms with Crippen LogP contribution in [0.3, 0.4) is 0 Å². The van der Waals surface area contributed by atoms with Crippen LogP contribution in [0, 0.1) is 5.92 Å². The second-order valence-electron chi connectivity index (χ2n) is 4.33. The largest absolute Gasteiger partial charge is 0.478 e. The number of aromatic nitrogens is 2. The van der Waals surface area contributed by atoms with Crippen LogP contribution < -0.4 is 15.4 Å². The van der Waals surface area contributed by atoms with Crippen molar-refractivity contribution in [3.8, 4) is 5.88 Å². The van der Waals surface area contributed by atoms with E-state index in [0.717, 1.165) is 31.9 Å². The molecule has 2 rings (SSSR count). The maximum absolute atomic E-state index is 5.59. The number of hydrogen-bond donors (Lipinski definition) is 1. The Morgan fingerprint density at radius 1 is 1.53 bits per heavy atom. The maximum Gasteiger partial charge on any atom is 0.218 e. The lowest BCUT2D eigenvalue weighted by Gasteiger charge is -2.17. The number of rotatable bonds is 5. The van der Waals surface area contributed by atoms with Crippen LogP contribution in [-0.2, 0) is 0 Å². The maximum atomic E-state index is 5.59. The molecule has 1 saturated heterocycles. The normalized spacial score (nSPS) is 19.6. The predicted molar refractivity (Wildman–Crippen MR) is 67.2 cm³/mol. The van der Waals surface area contributed by atoms with Crippen molar-refractivity contribution >= 4 is 5.82 Å². The van der Waals surface area contributed by atoms with E-state index in [4.69, 9.17) is 10.5 Å². The van der Waals surface area contributed by atoms with Crippen LogP contribution in [0.2, 0.25) is 0 Å². The molecule has 0 aliphatic carbocycles. The van der Waals surface area contributed by atoms with E-state index in [1.807, 2.05) is 13.0 Å². The van der Waals surface area contributed by atoms with E-state index in [-0.39, 0.29) is 0 Å². The highest BCUT2D eigenvalue weighted by atomic mass is 16.5. The predicted octanol–water partition coefficient (Wildman–Crippen LogP) is 1.05. The van der Waals surface area contributed by atoms with Gasteiger partial charge in [0.15, 0.2) is 0 Å². The molecular formula is C12H20N4O. The minimum Gasteiger partial charge on any atom is -0.478 e. The molecule has 0 bridgehead atoms. The topological polar surface area (TPSA) is 64.3 Å². The van der Waals surface area contributed by atoms with Crippen molar-refractivity contribution in [1.82, 2.24) is 9.97 Å². The summed E-state index contributed by atoms with van der Waals surface area (Å²) in [7, 11) is 0. The molecule has 2 N–H and O–H groups in total. The minimum absolute atomic E-state index is 0.631. The summed E-state index contributed by atoms with van der Waals surface area (Å²) in [6, 6.07) is 1.91. The molecule has 0 amide bonds. The van der Waals surface area contributed by atoms with E-state index in [1.54, 1.807) is 6.33 Å². The van der Waals surface area contributed by atoms with Crippen molar-refractivity contribution in [2.75, 3.05) is 31.1 Å². The number of hydrogen-bond acceptors (Lipinski definition) is 5. The zero-order chi connectivity index (χ0) is 12.1. The van der Waals surface area contributed by atoms with Crippen LogP contribution in [0.25, 0.3) is 0 Å². The third kappa shape index (κ3) is 3.06. The summed E-state index contributed by atoms with van der Waals surface area (Å²) in [6.07, 6.45) is 3.86. The van der Waals surface area contributed by atoms with Gasteiger partial charge in [-0.25, -0.2) is 9.97 Å². The van der Waals surface area contributed by atoms with Crippen LogP contribution >= 0.6 is 0 Å². The molecule has 1 fully saturated rings. The zero-order valence-corrected chi connectivity index (χ0v) is 10.3. The second-order valence-corrected chi connectivity index (χ2v) is 4.33. The van der Waals surface area contributed by atoms with Gasteiger partial charge >= 0.3 is 0 Å². The average Bonchev–Trinajstić information content (AvgIpc) is 2.79. The molecule has 94 valence electrons. The van der Waals surface area contributed by atoms with E-state index in [9.17, 15) is 0 Å². The summed E-state index contributed by atoms with van der Waals surface area (Å²) in [5, 5.41) is 0. The van der Waals surface area contributed by atoms with Gasteiger partial charge in [0.2, 0.25) is 5.88 Å². The van der Waals surface area contributed by atoms with Crippen molar-refractivity contribution in [2.24, 2.45) is 11.7 Å². The van der Waals surface area contributed by atoms with Crippen LogP contribution in [0.1, 0.15) is 19.8 Å². The summed E-state index contributed by atoms with van der Waals surface area (Å²) in [4.78, 5) is 10.7. The van der Waals surface area contributed by atoms with Crippen molar-refractivity contribution in [3.05, 3.63) is 12.4 Å². The van der Waals surface area contributed by atoms with Crippen molar-refractivity contribution in [3.63, 3.8) is 0 Å². The Bertz CT molecular complexity index is 358. The smallest absolute Gasteiger partial charge is 0.218 e. The Morgan fingerprint density at radius 3 is 3.18 bits per heavy atom. The molecule has 1 aliphatic heterocycles. The summed E-state index contributed by atoms with van der Waals surface area (Å²) in [5.74, 6) is 2.31. The van der Waals surface area contributed by atoms with Crippen LogP contribution in [0.5, 0.6) is 5.88 Å². The van der Waals surface area contributed by atoms with Gasteiger partial charge in [-0.1, -0.05) is 0 Å². The summed E-state index contributed by atoms with van der Waals surface area (Å²) < 4.78 is 5.38. The van der Waals surface area contributed by atoms with Gasteiger partial charge in [-0.15, -0.1) is 0 Å². The second kappa shape index (κ2) is 5.82. The standard InChI is InChI=1S/C12H20N4O/c1-2-17-12-7-11(14-9-15-12)16-6-4-10(8-16)3-5-13/h7,9-10H,2-6,8,13H2,1H3. The minimum atomic E-state index is 0.631. The fraction of sp³-hybridized carbons (Fsp3) is 0.667. The Balaban J connectivity index is 2.00. The molecule has 1 atom stereocenters. The van der Waals surface area contributed by atoms with Gasteiger partial charge in [0.25, 0.3) is 0 Å². The van der Waals surface area contributed by atoms with Gasteiger partial charge in [-0.05, 0) is 32.2 Å². The Hall–Kier alpha value is -1.36. The van der Waals surface area contributed by atoms with Crippen molar-refractivity contribution < 1.29 is 4.74 Å². The summed E-state index contributed by atoms with van der Waals surface area (Å²) >= 11 is 0. The summed E-state index contributed by atoms with van der Waals surface area (Å²) in [5.41, 5.74) is 5.59. The molecule has 1 aliphatic rings. The molecule has 0 aromatic carbocycles. The highest BCUT2D eigenvalue weighted by molar-refractivity contribution is 5.41. The molecule has 2 heterocycles. The first-order chi connectivity index (χ1) is 8.33. The van der Waals surface area contributed by atoms with Gasteiger partial charge in [0, 0.05) is 19.2 Å². The van der Waals surface area contributed by atoms with E-state index in [2.05, 4.69) is 14.9 Å². The lowest BCUT2D eigenvalue weighted by molar-refractivity contribution is 0.326. The third-order valence-electron chi connectivity index (χ3n) is 3.10. The summed E-state index contributed by atoms with van der Waals surface area (Å²) in [6.45, 7) is 5.45. The monoisotopic (exact) mass is 236 g/mol. The molecule has 0 radical (unpaired) electrons. The first-order valence-corrected chi connectivity index (χ1v) is 6.23. The van der Waals surface area contributed by atoms with E-state index in [0.29, 0.717) is 18.4 Å². The SMILES string of the molecule is CCOc1cc(N2CCC(CCN)C2)ncn1. The lowest BCUT2D eigenvalue weighted by atomic mass is 10.1. The van der Waals surface area contributed by atoms with Gasteiger partial charge in [0.05, 0.1) is 6.61 Å². The van der Waals surface area contributed by atoms with E-state index >= 15 is 0 Å². The molecule has 1 aromatic rings. The third-order valence-corrected chi connectivity index (χ3v) is 3.10. The van der Waals surface area contributed by atoms with E-state index < -0.39 is 0 Å². The van der Waals surface area contributed by atoms with Crippen LogP contribution in [-0.4, -0.2) is 36.2 Å². The Labute approximate surface area is 102 Å². The fourth-order valence-corrected chi connectivity index (χ4v) is 2.24. The van der Waals surface area contributed by atoms with E-state index in [1.165, 1.54) is 6.42 Å². The molecule has 17 heavy (non-hydrogen) atoms. The average molecular weight is 236 g/mol. The van der Waals surface area contributed by atoms with Gasteiger partial charge < -0.3 is 15.4 Å². The number of nitrogens with zero attached hydrogens (tertiary/aromatic N) is 3. The number of ether oxygens (including phenoxy) is 1. The first kappa shape index (κ1) is 12.1. The fourth-order valence-electron chi connectivity index (χ4n) is 2.24. The molecule has 1 unspecified atom stereocenters. The van der Waals surface area contributed by atoms with Crippen LogP contribution in [0.15, 0.2) is 12.4 Å². The highest BCUT2D eigenvalue weighted by Crippen LogP contribution is 2.25. The Kier molecular flexibility index (Phi) is 4.14. The molecule has 1 aromatic heterocycles. The van der Waals surface area contributed by atoms with Gasteiger partial charge in [0.1, 0.15) is 12.1 Å². The van der Waals surface area contributed by atoms with Crippen LogP contribution in [0.4, 0.5) is 5.82 Å². The van der Waals surface area contributed by atoms with Gasteiger partial charge in [-0.3, -0.25) is 0 Å². The lowest BCUT2D eigenvalue weighted by Crippen LogP contribution is -2.21. The molecule has 0 spiro atoms. The molecular weight excluding hydrogens is 216 g/mol. The van der Waals surface area contributed by atoms with Crippen molar-refractivity contribution in [1.29, 1.82) is 0 Å². The number of nitrogens with two attached hydrogens (primary N) is 1. The Morgan fingerprint density at radius 2 is 2.41 bits per heavy atom. The molecule has 0 saturated carbocycles. The quantitative estimate of drug-likeness (QED) is 0.828. The highest BCUT2D eigenvalue weighted by Gasteiger charge is 2.23. The van der Waals surface area contributed by atoms with Gasteiger partial charge in [-0.2, -0.15) is 0 Å². The zero-order valence-electron chi connectivity index (χ0n) is 10.3. The van der Waals surface area contributed by atoms with Crippen molar-refractivity contribution in [2.45, 2.75) is 19.8 Å². The molecule has 5 nitrogen and oxygen atoms in total. The molecule has 5 heteroatoms.